The highest BCUT2D eigenvalue weighted by atomic mass is 35.5. The van der Waals surface area contributed by atoms with Gasteiger partial charge in [0, 0.05) is 10.6 Å². The number of carbonyl (C=O) groups excluding carboxylic acids is 1. The Kier molecular flexibility index (Phi) is 4.53. The normalized spacial score (nSPS) is 10.8. The van der Waals surface area contributed by atoms with Gasteiger partial charge < -0.3 is 4.74 Å². The minimum atomic E-state index is -0.565. The third kappa shape index (κ3) is 3.25. The molecule has 0 aromatic heterocycles. The van der Waals surface area contributed by atoms with Crippen LogP contribution in [0.3, 0.4) is 0 Å². The summed E-state index contributed by atoms with van der Waals surface area (Å²) in [5.41, 5.74) is 0.989. The zero-order chi connectivity index (χ0) is 14.5. The van der Waals surface area contributed by atoms with Gasteiger partial charge in [-0.3, -0.25) is 4.79 Å². The summed E-state index contributed by atoms with van der Waals surface area (Å²) in [5.74, 6) is -0.757. The van der Waals surface area contributed by atoms with Crippen LogP contribution in [-0.4, -0.2) is 12.9 Å². The van der Waals surface area contributed by atoms with E-state index in [-0.39, 0.29) is 17.1 Å². The molecule has 0 unspecified atom stereocenters. The second kappa shape index (κ2) is 6.35. The Morgan fingerprint density at radius 2 is 2.00 bits per heavy atom. The second-order valence-electron chi connectivity index (χ2n) is 4.07. The summed E-state index contributed by atoms with van der Waals surface area (Å²) in [6.07, 6.45) is 2.97. The molecule has 20 heavy (non-hydrogen) atoms. The SMILES string of the molecule is COc1ccc(C(=O)/C=C/c2ccccc2Cl)cc1F. The van der Waals surface area contributed by atoms with Crippen LogP contribution in [0.5, 0.6) is 5.75 Å². The van der Waals surface area contributed by atoms with E-state index in [4.69, 9.17) is 16.3 Å². The average molecular weight is 291 g/mol. The lowest BCUT2D eigenvalue weighted by molar-refractivity contribution is 0.104. The largest absolute Gasteiger partial charge is 0.494 e. The molecule has 102 valence electrons. The Bertz CT molecular complexity index is 665. The maximum Gasteiger partial charge on any atom is 0.185 e. The Balaban J connectivity index is 2.20. The maximum atomic E-state index is 13.5. The molecule has 0 atom stereocenters. The van der Waals surface area contributed by atoms with E-state index in [0.29, 0.717) is 5.02 Å². The molecule has 0 aliphatic rings. The van der Waals surface area contributed by atoms with Crippen molar-refractivity contribution in [3.63, 3.8) is 0 Å². The summed E-state index contributed by atoms with van der Waals surface area (Å²) in [7, 11) is 1.37. The van der Waals surface area contributed by atoms with Crippen LogP contribution >= 0.6 is 11.6 Å². The van der Waals surface area contributed by atoms with Crippen LogP contribution < -0.4 is 4.74 Å². The molecular weight excluding hydrogens is 279 g/mol. The van der Waals surface area contributed by atoms with E-state index in [9.17, 15) is 9.18 Å². The summed E-state index contributed by atoms with van der Waals surface area (Å²) >= 11 is 5.98. The first kappa shape index (κ1) is 14.3. The molecule has 0 aliphatic heterocycles. The van der Waals surface area contributed by atoms with Crippen LogP contribution in [0.2, 0.25) is 5.02 Å². The number of benzene rings is 2. The van der Waals surface area contributed by atoms with Crippen molar-refractivity contribution >= 4 is 23.5 Å². The van der Waals surface area contributed by atoms with Gasteiger partial charge in [-0.15, -0.1) is 0 Å². The van der Waals surface area contributed by atoms with Crippen LogP contribution in [0.25, 0.3) is 6.08 Å². The molecule has 0 fully saturated rings. The monoisotopic (exact) mass is 290 g/mol. The van der Waals surface area contributed by atoms with Crippen molar-refractivity contribution in [1.29, 1.82) is 0 Å². The predicted molar refractivity (Wildman–Crippen MR) is 77.8 cm³/mol. The van der Waals surface area contributed by atoms with Crippen molar-refractivity contribution in [3.8, 4) is 5.75 Å². The Hall–Kier alpha value is -2.13. The van der Waals surface area contributed by atoms with Gasteiger partial charge in [0.25, 0.3) is 0 Å². The van der Waals surface area contributed by atoms with Crippen molar-refractivity contribution < 1.29 is 13.9 Å². The first-order chi connectivity index (χ1) is 9.61. The van der Waals surface area contributed by atoms with Crippen molar-refractivity contribution in [2.45, 2.75) is 0 Å². The maximum absolute atomic E-state index is 13.5. The van der Waals surface area contributed by atoms with Crippen molar-refractivity contribution in [2.24, 2.45) is 0 Å². The van der Waals surface area contributed by atoms with Gasteiger partial charge in [0.1, 0.15) is 0 Å². The first-order valence-electron chi connectivity index (χ1n) is 5.92. The quantitative estimate of drug-likeness (QED) is 0.617. The Labute approximate surface area is 121 Å². The van der Waals surface area contributed by atoms with Crippen LogP contribution in [0.15, 0.2) is 48.5 Å². The highest BCUT2D eigenvalue weighted by Gasteiger charge is 2.07. The van der Waals surface area contributed by atoms with E-state index < -0.39 is 5.82 Å². The molecule has 0 amide bonds. The van der Waals surface area contributed by atoms with Gasteiger partial charge in [-0.2, -0.15) is 0 Å². The highest BCUT2D eigenvalue weighted by molar-refractivity contribution is 6.32. The number of hydrogen-bond donors (Lipinski definition) is 0. The number of methoxy groups -OCH3 is 1. The van der Waals surface area contributed by atoms with Crippen LogP contribution in [0.1, 0.15) is 15.9 Å². The van der Waals surface area contributed by atoms with E-state index in [1.54, 1.807) is 24.3 Å². The van der Waals surface area contributed by atoms with Crippen LogP contribution in [-0.2, 0) is 0 Å². The molecule has 2 nitrogen and oxygen atoms in total. The van der Waals surface area contributed by atoms with Gasteiger partial charge in [-0.25, -0.2) is 4.39 Å². The van der Waals surface area contributed by atoms with E-state index in [1.807, 2.05) is 6.07 Å². The summed E-state index contributed by atoms with van der Waals surface area (Å²) in [5, 5.41) is 0.553. The fraction of sp³-hybridized carbons (Fsp3) is 0.0625. The van der Waals surface area contributed by atoms with E-state index in [1.165, 1.54) is 25.3 Å². The topological polar surface area (TPSA) is 26.3 Å². The molecule has 2 aromatic rings. The van der Waals surface area contributed by atoms with Crippen molar-refractivity contribution in [3.05, 3.63) is 70.5 Å². The molecule has 0 saturated carbocycles. The molecule has 2 aromatic carbocycles. The van der Waals surface area contributed by atoms with Gasteiger partial charge in [0.05, 0.1) is 7.11 Å². The Morgan fingerprint density at radius 1 is 1.25 bits per heavy atom. The molecule has 2 rings (SSSR count). The number of rotatable bonds is 4. The summed E-state index contributed by atoms with van der Waals surface area (Å²) < 4.78 is 18.3. The zero-order valence-corrected chi connectivity index (χ0v) is 11.5. The number of ketones is 1. The van der Waals surface area contributed by atoms with Gasteiger partial charge >= 0.3 is 0 Å². The standard InChI is InChI=1S/C16H12ClFO2/c1-20-16-9-7-12(10-14(16)18)15(19)8-6-11-4-2-3-5-13(11)17/h2-10H,1H3/b8-6+. The molecule has 0 aliphatic carbocycles. The van der Waals surface area contributed by atoms with Gasteiger partial charge in [-0.05, 0) is 42.0 Å². The van der Waals surface area contributed by atoms with Crippen LogP contribution in [0.4, 0.5) is 4.39 Å². The smallest absolute Gasteiger partial charge is 0.185 e. The molecule has 0 spiro atoms. The fourth-order valence-corrected chi connectivity index (χ4v) is 1.89. The second-order valence-corrected chi connectivity index (χ2v) is 4.48. The average Bonchev–Trinajstić information content (AvgIpc) is 2.46. The molecule has 0 saturated heterocycles. The highest BCUT2D eigenvalue weighted by Crippen LogP contribution is 2.19. The molecule has 0 bridgehead atoms. The lowest BCUT2D eigenvalue weighted by Gasteiger charge is -2.02. The van der Waals surface area contributed by atoms with Crippen LogP contribution in [0, 0.1) is 5.82 Å². The van der Waals surface area contributed by atoms with E-state index >= 15 is 0 Å². The summed E-state index contributed by atoms with van der Waals surface area (Å²) in [4.78, 5) is 11.9. The number of ether oxygens (including phenoxy) is 1. The lowest BCUT2D eigenvalue weighted by atomic mass is 10.1. The number of allylic oxidation sites excluding steroid dienone is 1. The minimum absolute atomic E-state index is 0.108. The van der Waals surface area contributed by atoms with Crippen molar-refractivity contribution in [2.75, 3.05) is 7.11 Å². The number of carbonyl (C=O) groups is 1. The first-order valence-corrected chi connectivity index (χ1v) is 6.30. The van der Waals surface area contributed by atoms with Gasteiger partial charge in [0.15, 0.2) is 17.3 Å². The summed E-state index contributed by atoms with van der Waals surface area (Å²) in [6, 6.07) is 11.2. The fourth-order valence-electron chi connectivity index (χ4n) is 1.69. The van der Waals surface area contributed by atoms with E-state index in [2.05, 4.69) is 0 Å². The molecule has 0 heterocycles. The number of hydrogen-bond acceptors (Lipinski definition) is 2. The summed E-state index contributed by atoms with van der Waals surface area (Å²) in [6.45, 7) is 0. The zero-order valence-electron chi connectivity index (χ0n) is 10.8. The minimum Gasteiger partial charge on any atom is -0.494 e. The molecular formula is C16H12ClFO2. The molecule has 0 radical (unpaired) electrons. The Morgan fingerprint density at radius 3 is 2.65 bits per heavy atom. The molecule has 0 N–H and O–H groups in total. The number of halogens is 2. The lowest BCUT2D eigenvalue weighted by Crippen LogP contribution is -1.97. The van der Waals surface area contributed by atoms with E-state index in [0.717, 1.165) is 11.6 Å². The third-order valence-corrected chi connectivity index (χ3v) is 3.10. The third-order valence-electron chi connectivity index (χ3n) is 2.76. The van der Waals surface area contributed by atoms with Gasteiger partial charge in [0.2, 0.25) is 0 Å². The van der Waals surface area contributed by atoms with Crippen molar-refractivity contribution in [1.82, 2.24) is 0 Å². The molecule has 4 heteroatoms. The van der Waals surface area contributed by atoms with Gasteiger partial charge in [-0.1, -0.05) is 29.8 Å². The predicted octanol–water partition coefficient (Wildman–Crippen LogP) is 4.38.